The summed E-state index contributed by atoms with van der Waals surface area (Å²) in [4.78, 5) is 24.3. The van der Waals surface area contributed by atoms with Crippen LogP contribution in [-0.4, -0.2) is 40.0 Å². The second kappa shape index (κ2) is 6.59. The highest BCUT2D eigenvalue weighted by Crippen LogP contribution is 2.15. The van der Waals surface area contributed by atoms with E-state index in [-0.39, 0.29) is 24.9 Å². The summed E-state index contributed by atoms with van der Waals surface area (Å²) in [7, 11) is 0. The molecule has 0 heterocycles. The Balaban J connectivity index is 4.70. The molecular weight excluding hydrogens is 220 g/mol. The predicted octanol–water partition coefficient (Wildman–Crippen LogP) is 1.22. The highest BCUT2D eigenvalue weighted by Gasteiger charge is 2.32. The Morgan fingerprint density at radius 2 is 1.94 bits per heavy atom. The third-order valence-electron chi connectivity index (χ3n) is 2.71. The molecule has 1 unspecified atom stereocenters. The zero-order valence-electron chi connectivity index (χ0n) is 11.2. The van der Waals surface area contributed by atoms with Crippen LogP contribution in [0.4, 0.5) is 0 Å². The van der Waals surface area contributed by atoms with Crippen LogP contribution in [0.3, 0.4) is 0 Å². The molecule has 0 aliphatic rings. The molecule has 5 heteroatoms. The van der Waals surface area contributed by atoms with Crippen molar-refractivity contribution in [2.75, 3.05) is 6.54 Å². The molecule has 0 fully saturated rings. The number of amides is 1. The van der Waals surface area contributed by atoms with E-state index in [0.29, 0.717) is 6.42 Å². The van der Waals surface area contributed by atoms with Crippen LogP contribution in [0.25, 0.3) is 0 Å². The summed E-state index contributed by atoms with van der Waals surface area (Å²) >= 11 is 0. The van der Waals surface area contributed by atoms with E-state index in [0.717, 1.165) is 6.42 Å². The summed E-state index contributed by atoms with van der Waals surface area (Å²) in [6.45, 7) is 7.61. The molecule has 0 rings (SSSR count). The molecule has 0 aromatic carbocycles. The Labute approximate surface area is 103 Å². The van der Waals surface area contributed by atoms with Gasteiger partial charge in [0.1, 0.15) is 0 Å². The van der Waals surface area contributed by atoms with Gasteiger partial charge in [-0.15, -0.1) is 0 Å². The molecule has 0 aromatic rings. The lowest BCUT2D eigenvalue weighted by Crippen LogP contribution is -2.55. The van der Waals surface area contributed by atoms with E-state index < -0.39 is 11.5 Å². The van der Waals surface area contributed by atoms with Gasteiger partial charge in [-0.25, -0.2) is 0 Å². The third-order valence-corrected chi connectivity index (χ3v) is 2.71. The van der Waals surface area contributed by atoms with E-state index in [1.54, 1.807) is 11.8 Å². The Hall–Kier alpha value is -1.10. The minimum atomic E-state index is -0.905. The van der Waals surface area contributed by atoms with Gasteiger partial charge in [0.15, 0.2) is 0 Å². The fourth-order valence-electron chi connectivity index (χ4n) is 1.76. The standard InChI is InChI=1S/C12H24N2O3/c1-5-7-12(4,13)11(17)14(9(2)3)8-6-10(15)16/h9H,5-8,13H2,1-4H3,(H,15,16). The van der Waals surface area contributed by atoms with Crippen molar-refractivity contribution >= 4 is 11.9 Å². The molecule has 0 spiro atoms. The summed E-state index contributed by atoms with van der Waals surface area (Å²) in [6, 6.07) is -0.0402. The predicted molar refractivity (Wildman–Crippen MR) is 66.6 cm³/mol. The van der Waals surface area contributed by atoms with E-state index in [9.17, 15) is 9.59 Å². The van der Waals surface area contributed by atoms with Gasteiger partial charge in [0.25, 0.3) is 0 Å². The van der Waals surface area contributed by atoms with Crippen molar-refractivity contribution < 1.29 is 14.7 Å². The van der Waals surface area contributed by atoms with Crippen LogP contribution in [0.5, 0.6) is 0 Å². The highest BCUT2D eigenvalue weighted by atomic mass is 16.4. The van der Waals surface area contributed by atoms with E-state index in [4.69, 9.17) is 10.8 Å². The zero-order chi connectivity index (χ0) is 13.6. The normalized spacial score (nSPS) is 14.5. The van der Waals surface area contributed by atoms with Crippen LogP contribution < -0.4 is 5.73 Å². The van der Waals surface area contributed by atoms with Crippen LogP contribution in [0, 0.1) is 0 Å². The number of carboxylic acids is 1. The number of carbonyl (C=O) groups is 2. The van der Waals surface area contributed by atoms with Crippen molar-refractivity contribution in [1.29, 1.82) is 0 Å². The zero-order valence-corrected chi connectivity index (χ0v) is 11.2. The van der Waals surface area contributed by atoms with Crippen molar-refractivity contribution in [3.05, 3.63) is 0 Å². The largest absolute Gasteiger partial charge is 0.481 e. The minimum Gasteiger partial charge on any atom is -0.481 e. The van der Waals surface area contributed by atoms with Crippen LogP contribution >= 0.6 is 0 Å². The average Bonchev–Trinajstić information content (AvgIpc) is 2.16. The summed E-state index contributed by atoms with van der Waals surface area (Å²) in [5.41, 5.74) is 5.07. The highest BCUT2D eigenvalue weighted by molar-refractivity contribution is 5.86. The van der Waals surface area contributed by atoms with E-state index >= 15 is 0 Å². The topological polar surface area (TPSA) is 83.6 Å². The Bertz CT molecular complexity index is 275. The molecule has 0 bridgehead atoms. The van der Waals surface area contributed by atoms with Gasteiger partial charge in [-0.1, -0.05) is 13.3 Å². The van der Waals surface area contributed by atoms with Crippen LogP contribution in [-0.2, 0) is 9.59 Å². The monoisotopic (exact) mass is 244 g/mol. The van der Waals surface area contributed by atoms with Crippen LogP contribution in [0.15, 0.2) is 0 Å². The number of nitrogens with two attached hydrogens (primary N) is 1. The second-order valence-corrected chi connectivity index (χ2v) is 4.90. The van der Waals surface area contributed by atoms with Crippen molar-refractivity contribution in [2.24, 2.45) is 5.73 Å². The lowest BCUT2D eigenvalue weighted by Gasteiger charge is -2.34. The second-order valence-electron chi connectivity index (χ2n) is 4.90. The van der Waals surface area contributed by atoms with E-state index in [1.807, 2.05) is 20.8 Å². The fraction of sp³-hybridized carbons (Fsp3) is 0.833. The number of rotatable bonds is 7. The minimum absolute atomic E-state index is 0.0402. The number of hydrogen-bond donors (Lipinski definition) is 2. The van der Waals surface area contributed by atoms with Gasteiger partial charge in [0, 0.05) is 12.6 Å². The fourth-order valence-corrected chi connectivity index (χ4v) is 1.76. The maximum atomic E-state index is 12.2. The SMILES string of the molecule is CCCC(C)(N)C(=O)N(CCC(=O)O)C(C)C. The van der Waals surface area contributed by atoms with Gasteiger partial charge in [-0.2, -0.15) is 0 Å². The van der Waals surface area contributed by atoms with Gasteiger partial charge < -0.3 is 15.7 Å². The Kier molecular flexibility index (Phi) is 6.16. The number of carbonyl (C=O) groups excluding carboxylic acids is 1. The Morgan fingerprint density at radius 3 is 2.29 bits per heavy atom. The smallest absolute Gasteiger partial charge is 0.305 e. The van der Waals surface area contributed by atoms with Gasteiger partial charge in [-0.05, 0) is 27.2 Å². The Morgan fingerprint density at radius 1 is 1.41 bits per heavy atom. The first-order valence-corrected chi connectivity index (χ1v) is 6.04. The maximum Gasteiger partial charge on any atom is 0.305 e. The lowest BCUT2D eigenvalue weighted by molar-refractivity contribution is -0.141. The number of nitrogens with zero attached hydrogens (tertiary/aromatic N) is 1. The van der Waals surface area contributed by atoms with Crippen molar-refractivity contribution in [2.45, 2.75) is 58.5 Å². The molecule has 0 aliphatic heterocycles. The molecule has 5 nitrogen and oxygen atoms in total. The quantitative estimate of drug-likeness (QED) is 0.705. The summed E-state index contributed by atoms with van der Waals surface area (Å²) in [5, 5.41) is 8.66. The first-order valence-electron chi connectivity index (χ1n) is 6.04. The molecule has 0 aliphatic carbocycles. The van der Waals surface area contributed by atoms with Gasteiger partial charge >= 0.3 is 5.97 Å². The maximum absolute atomic E-state index is 12.2. The van der Waals surface area contributed by atoms with E-state index in [1.165, 1.54) is 0 Å². The van der Waals surface area contributed by atoms with Crippen molar-refractivity contribution in [3.63, 3.8) is 0 Å². The molecule has 0 saturated carbocycles. The number of hydrogen-bond acceptors (Lipinski definition) is 3. The molecule has 1 atom stereocenters. The first-order chi connectivity index (χ1) is 7.72. The molecule has 17 heavy (non-hydrogen) atoms. The van der Waals surface area contributed by atoms with Gasteiger partial charge in [0.05, 0.1) is 12.0 Å². The number of aliphatic carboxylic acids is 1. The van der Waals surface area contributed by atoms with Gasteiger partial charge in [0.2, 0.25) is 5.91 Å². The molecule has 0 aromatic heterocycles. The summed E-state index contributed by atoms with van der Waals surface area (Å²) in [5.74, 6) is -1.08. The van der Waals surface area contributed by atoms with Crippen molar-refractivity contribution in [3.8, 4) is 0 Å². The van der Waals surface area contributed by atoms with Crippen molar-refractivity contribution in [1.82, 2.24) is 4.90 Å². The molecule has 0 saturated heterocycles. The number of carboxylic acid groups (broad SMARTS) is 1. The molecule has 3 N–H and O–H groups in total. The van der Waals surface area contributed by atoms with Gasteiger partial charge in [-0.3, -0.25) is 9.59 Å². The summed E-state index contributed by atoms with van der Waals surface area (Å²) in [6.07, 6.45) is 1.37. The van der Waals surface area contributed by atoms with Crippen LogP contribution in [0.1, 0.15) is 47.0 Å². The van der Waals surface area contributed by atoms with Crippen LogP contribution in [0.2, 0.25) is 0 Å². The average molecular weight is 244 g/mol. The lowest BCUT2D eigenvalue weighted by atomic mass is 9.95. The molecule has 1 amide bonds. The molecular formula is C12H24N2O3. The first kappa shape index (κ1) is 15.9. The summed E-state index contributed by atoms with van der Waals surface area (Å²) < 4.78 is 0. The third kappa shape index (κ3) is 5.17. The molecule has 0 radical (unpaired) electrons. The van der Waals surface area contributed by atoms with E-state index in [2.05, 4.69) is 0 Å². The molecule has 100 valence electrons.